The third-order valence-electron chi connectivity index (χ3n) is 4.92. The van der Waals surface area contributed by atoms with Crippen molar-refractivity contribution in [2.75, 3.05) is 41.3 Å². The molecule has 1 aromatic carbocycles. The summed E-state index contributed by atoms with van der Waals surface area (Å²) < 4.78 is 14.1. The number of aryl methyl sites for hydroxylation is 1. The quantitative estimate of drug-likeness (QED) is 0.506. The van der Waals surface area contributed by atoms with E-state index in [1.54, 1.807) is 30.5 Å². The van der Waals surface area contributed by atoms with Crippen LogP contribution in [-0.4, -0.2) is 46.1 Å². The van der Waals surface area contributed by atoms with Gasteiger partial charge in [0.05, 0.1) is 10.6 Å². The minimum absolute atomic E-state index is 0.0830. The van der Waals surface area contributed by atoms with Crippen molar-refractivity contribution >= 4 is 28.8 Å². The summed E-state index contributed by atoms with van der Waals surface area (Å²) in [6.07, 6.45) is 2.91. The molecule has 0 radical (unpaired) electrons. The molecule has 0 saturated carbocycles. The molecule has 4 rings (SSSR count). The first-order valence-corrected chi connectivity index (χ1v) is 9.46. The maximum atomic E-state index is 14.1. The molecule has 0 amide bonds. The van der Waals surface area contributed by atoms with Gasteiger partial charge < -0.3 is 15.1 Å². The Kier molecular flexibility index (Phi) is 5.38. The first kappa shape index (κ1) is 19.5. The van der Waals surface area contributed by atoms with Gasteiger partial charge in [0.15, 0.2) is 0 Å². The summed E-state index contributed by atoms with van der Waals surface area (Å²) in [5.74, 6) is 0.501. The number of para-hydroxylation sites is 1. The Balaban J connectivity index is 1.57. The van der Waals surface area contributed by atoms with E-state index < -0.39 is 4.92 Å². The van der Waals surface area contributed by atoms with Gasteiger partial charge in [-0.25, -0.2) is 19.3 Å². The van der Waals surface area contributed by atoms with Gasteiger partial charge in [-0.15, -0.1) is 0 Å². The van der Waals surface area contributed by atoms with Crippen LogP contribution in [0.5, 0.6) is 0 Å². The minimum atomic E-state index is -0.489. The summed E-state index contributed by atoms with van der Waals surface area (Å²) >= 11 is 0. The maximum absolute atomic E-state index is 14.1. The number of halogens is 1. The van der Waals surface area contributed by atoms with Crippen molar-refractivity contribution in [3.8, 4) is 0 Å². The smallest absolute Gasteiger partial charge is 0.353 e. The molecule has 0 atom stereocenters. The summed E-state index contributed by atoms with van der Waals surface area (Å²) in [5.41, 5.74) is 1.29. The number of piperazine rings is 1. The molecule has 0 bridgehead atoms. The Morgan fingerprint density at radius 1 is 1.07 bits per heavy atom. The van der Waals surface area contributed by atoms with Crippen molar-refractivity contribution in [2.45, 2.75) is 6.92 Å². The first-order chi connectivity index (χ1) is 14.5. The van der Waals surface area contributed by atoms with Crippen LogP contribution in [0, 0.1) is 22.9 Å². The van der Waals surface area contributed by atoms with Crippen LogP contribution in [0.1, 0.15) is 5.56 Å². The highest BCUT2D eigenvalue weighted by Crippen LogP contribution is 2.34. The van der Waals surface area contributed by atoms with E-state index in [0.717, 1.165) is 5.56 Å². The van der Waals surface area contributed by atoms with E-state index in [2.05, 4.69) is 20.3 Å². The van der Waals surface area contributed by atoms with Gasteiger partial charge in [0.1, 0.15) is 18.0 Å². The van der Waals surface area contributed by atoms with Crippen molar-refractivity contribution < 1.29 is 9.31 Å². The summed E-state index contributed by atoms with van der Waals surface area (Å²) in [7, 11) is 0. The zero-order valence-electron chi connectivity index (χ0n) is 16.3. The molecule has 3 heterocycles. The molecule has 0 unspecified atom stereocenters. The minimum Gasteiger partial charge on any atom is -0.366 e. The molecule has 3 aromatic rings. The third-order valence-corrected chi connectivity index (χ3v) is 4.92. The van der Waals surface area contributed by atoms with Gasteiger partial charge in [0.2, 0.25) is 11.6 Å². The number of nitro groups is 1. The van der Waals surface area contributed by atoms with Gasteiger partial charge in [-0.3, -0.25) is 10.1 Å². The van der Waals surface area contributed by atoms with Crippen molar-refractivity contribution in [1.82, 2.24) is 15.0 Å². The fourth-order valence-corrected chi connectivity index (χ4v) is 3.45. The zero-order chi connectivity index (χ0) is 21.1. The highest BCUT2D eigenvalue weighted by Gasteiger charge is 2.30. The molecule has 1 aliphatic rings. The second kappa shape index (κ2) is 8.27. The fraction of sp³-hybridized carbons (Fsp3) is 0.250. The number of anilines is 4. The Morgan fingerprint density at radius 3 is 2.50 bits per heavy atom. The first-order valence-electron chi connectivity index (χ1n) is 9.46. The van der Waals surface area contributed by atoms with Gasteiger partial charge in [0.25, 0.3) is 0 Å². The van der Waals surface area contributed by atoms with Crippen molar-refractivity contribution in [1.29, 1.82) is 0 Å². The number of benzene rings is 1. The van der Waals surface area contributed by atoms with E-state index in [-0.39, 0.29) is 23.1 Å². The lowest BCUT2D eigenvalue weighted by molar-refractivity contribution is -0.383. The van der Waals surface area contributed by atoms with Gasteiger partial charge in [-0.05, 0) is 36.8 Å². The third kappa shape index (κ3) is 3.97. The topological polar surface area (TPSA) is 100 Å². The van der Waals surface area contributed by atoms with E-state index in [1.165, 1.54) is 12.4 Å². The lowest BCUT2D eigenvalue weighted by atomic mass is 10.2. The molecule has 1 aliphatic heterocycles. The van der Waals surface area contributed by atoms with Crippen LogP contribution >= 0.6 is 0 Å². The molecule has 0 spiro atoms. The molecule has 2 aromatic heterocycles. The van der Waals surface area contributed by atoms with Gasteiger partial charge in [-0.1, -0.05) is 12.1 Å². The van der Waals surface area contributed by atoms with Crippen LogP contribution in [0.4, 0.5) is 33.2 Å². The number of hydrogen-bond donors (Lipinski definition) is 1. The number of pyridine rings is 1. The maximum Gasteiger partial charge on any atom is 0.353 e. The Labute approximate surface area is 172 Å². The Hall–Kier alpha value is -3.82. The number of aromatic nitrogens is 3. The lowest BCUT2D eigenvalue weighted by Gasteiger charge is -2.36. The molecule has 10 heteroatoms. The molecule has 1 N–H and O–H groups in total. The van der Waals surface area contributed by atoms with E-state index in [9.17, 15) is 14.5 Å². The molecule has 9 nitrogen and oxygen atoms in total. The molecular weight excluding hydrogens is 389 g/mol. The largest absolute Gasteiger partial charge is 0.366 e. The number of nitrogens with zero attached hydrogens (tertiary/aromatic N) is 6. The Morgan fingerprint density at radius 2 is 1.80 bits per heavy atom. The van der Waals surface area contributed by atoms with E-state index in [0.29, 0.717) is 37.7 Å². The van der Waals surface area contributed by atoms with Crippen molar-refractivity contribution in [3.63, 3.8) is 0 Å². The number of hydrogen-bond acceptors (Lipinski definition) is 8. The van der Waals surface area contributed by atoms with E-state index in [1.807, 2.05) is 22.8 Å². The van der Waals surface area contributed by atoms with Crippen LogP contribution < -0.4 is 15.1 Å². The van der Waals surface area contributed by atoms with Gasteiger partial charge in [0, 0.05) is 32.4 Å². The van der Waals surface area contributed by atoms with Crippen LogP contribution in [-0.2, 0) is 0 Å². The second-order valence-corrected chi connectivity index (χ2v) is 6.92. The van der Waals surface area contributed by atoms with Crippen molar-refractivity contribution in [2.24, 2.45) is 0 Å². The molecule has 30 heavy (non-hydrogen) atoms. The fourth-order valence-electron chi connectivity index (χ4n) is 3.45. The average molecular weight is 409 g/mol. The molecule has 1 saturated heterocycles. The second-order valence-electron chi connectivity index (χ2n) is 6.92. The molecular formula is C20H20FN7O2. The highest BCUT2D eigenvalue weighted by atomic mass is 19.1. The number of nitrogens with one attached hydrogen (secondary N) is 1. The molecule has 0 aliphatic carbocycles. The molecule has 154 valence electrons. The zero-order valence-corrected chi connectivity index (χ0v) is 16.3. The normalized spacial score (nSPS) is 13.9. The predicted octanol–water partition coefficient (Wildman–Crippen LogP) is 3.30. The van der Waals surface area contributed by atoms with Crippen LogP contribution in [0.25, 0.3) is 0 Å². The van der Waals surface area contributed by atoms with Crippen LogP contribution in [0.15, 0.2) is 48.9 Å². The monoisotopic (exact) mass is 409 g/mol. The van der Waals surface area contributed by atoms with Crippen LogP contribution in [0.3, 0.4) is 0 Å². The summed E-state index contributed by atoms with van der Waals surface area (Å²) in [5, 5.41) is 14.8. The summed E-state index contributed by atoms with van der Waals surface area (Å²) in [6, 6.07) is 10.2. The predicted molar refractivity (Wildman–Crippen MR) is 112 cm³/mol. The van der Waals surface area contributed by atoms with E-state index >= 15 is 0 Å². The van der Waals surface area contributed by atoms with E-state index in [4.69, 9.17) is 0 Å². The standard InChI is InChI=1S/C20H20FN7O2/c1-14-6-7-22-17(12-14)25-19-18(28(29)30)20(24-13-23-19)27-10-8-26(9-11-27)16-5-3-2-4-15(16)21/h2-7,12-13H,8-11H2,1H3,(H,22,23,24,25). The molecule has 1 fully saturated rings. The SMILES string of the molecule is Cc1ccnc(Nc2ncnc(N3CCN(c4ccccc4F)CC3)c2[N+](=O)[O-])c1. The highest BCUT2D eigenvalue weighted by molar-refractivity contribution is 5.74. The Bertz CT molecular complexity index is 1070. The average Bonchev–Trinajstić information content (AvgIpc) is 2.74. The summed E-state index contributed by atoms with van der Waals surface area (Å²) in [6.45, 7) is 3.87. The van der Waals surface area contributed by atoms with Gasteiger partial charge in [-0.2, -0.15) is 0 Å². The summed E-state index contributed by atoms with van der Waals surface area (Å²) in [4.78, 5) is 27.5. The van der Waals surface area contributed by atoms with Crippen LogP contribution in [0.2, 0.25) is 0 Å². The lowest BCUT2D eigenvalue weighted by Crippen LogP contribution is -2.47. The van der Waals surface area contributed by atoms with Crippen molar-refractivity contribution in [3.05, 3.63) is 70.4 Å². The number of rotatable bonds is 5. The van der Waals surface area contributed by atoms with Gasteiger partial charge >= 0.3 is 5.69 Å².